The monoisotopic (exact) mass is 440 g/mol. The number of hydrogen-bond donors (Lipinski definition) is 0. The van der Waals surface area contributed by atoms with Gasteiger partial charge in [0.25, 0.3) is 0 Å². The van der Waals surface area contributed by atoms with E-state index in [-0.39, 0.29) is 11.4 Å². The molecule has 0 N–H and O–H groups in total. The second-order valence-electron chi connectivity index (χ2n) is 7.12. The molecule has 162 valence electrons. The molecule has 0 aliphatic rings. The molecule has 33 heavy (non-hydrogen) atoms. The van der Waals surface area contributed by atoms with Gasteiger partial charge in [-0.3, -0.25) is 0 Å². The summed E-state index contributed by atoms with van der Waals surface area (Å²) in [6.45, 7) is 1.80. The fourth-order valence-electron chi connectivity index (χ4n) is 3.36. The van der Waals surface area contributed by atoms with Crippen molar-refractivity contribution in [3.8, 4) is 17.1 Å². The highest BCUT2D eigenvalue weighted by Gasteiger charge is 2.22. The molecular formula is C24H16N4O5. The van der Waals surface area contributed by atoms with Gasteiger partial charge in [-0.1, -0.05) is 30.3 Å². The van der Waals surface area contributed by atoms with Gasteiger partial charge in [0.1, 0.15) is 17.1 Å². The van der Waals surface area contributed by atoms with Crippen molar-refractivity contribution in [1.29, 1.82) is 0 Å². The van der Waals surface area contributed by atoms with Crippen molar-refractivity contribution in [3.05, 3.63) is 94.7 Å². The molecule has 0 aliphatic heterocycles. The Morgan fingerprint density at radius 3 is 2.70 bits per heavy atom. The van der Waals surface area contributed by atoms with Gasteiger partial charge in [-0.05, 0) is 47.2 Å². The zero-order valence-electron chi connectivity index (χ0n) is 17.3. The van der Waals surface area contributed by atoms with Crippen LogP contribution in [0.25, 0.3) is 34.1 Å². The topological polar surface area (TPSA) is 113 Å². The van der Waals surface area contributed by atoms with Gasteiger partial charge in [-0.25, -0.2) is 9.59 Å². The van der Waals surface area contributed by atoms with E-state index in [0.29, 0.717) is 22.7 Å². The lowest BCUT2D eigenvalue weighted by Gasteiger charge is -2.10. The molecule has 0 saturated carbocycles. The van der Waals surface area contributed by atoms with Crippen LogP contribution in [0.5, 0.6) is 5.75 Å². The van der Waals surface area contributed by atoms with Crippen molar-refractivity contribution in [1.82, 2.24) is 20.2 Å². The quantitative estimate of drug-likeness (QED) is 0.175. The summed E-state index contributed by atoms with van der Waals surface area (Å²) in [5, 5.41) is 12.5. The maximum atomic E-state index is 13.2. The zero-order chi connectivity index (χ0) is 22.8. The van der Waals surface area contributed by atoms with Gasteiger partial charge in [0.2, 0.25) is 0 Å². The first-order valence-corrected chi connectivity index (χ1v) is 9.94. The van der Waals surface area contributed by atoms with E-state index in [9.17, 15) is 9.59 Å². The molecule has 9 heteroatoms. The molecule has 0 bridgehead atoms. The SMILES string of the molecule is Cc1cc(=O)oc2cc(OC(=O)/C(=C/c3ccco3)n3nnnc3-c3ccccc3)ccc12. The number of nitrogens with zero attached hydrogens (tertiary/aromatic N) is 4. The number of carbonyl (C=O) groups excluding carboxylic acids is 1. The predicted octanol–water partition coefficient (Wildman–Crippen LogP) is 3.95. The minimum Gasteiger partial charge on any atom is -0.465 e. The normalized spacial score (nSPS) is 11.6. The number of rotatable bonds is 5. The minimum atomic E-state index is -0.731. The van der Waals surface area contributed by atoms with Crippen LogP contribution < -0.4 is 10.4 Å². The van der Waals surface area contributed by atoms with Gasteiger partial charge in [-0.15, -0.1) is 5.10 Å². The summed E-state index contributed by atoms with van der Waals surface area (Å²) in [7, 11) is 0. The molecule has 0 fully saturated rings. The number of tetrazole rings is 1. The average Bonchev–Trinajstić information content (AvgIpc) is 3.50. The lowest BCUT2D eigenvalue weighted by Crippen LogP contribution is -2.17. The molecule has 0 unspecified atom stereocenters. The van der Waals surface area contributed by atoms with Gasteiger partial charge < -0.3 is 13.6 Å². The summed E-state index contributed by atoms with van der Waals surface area (Å²) in [6.07, 6.45) is 2.97. The molecule has 9 nitrogen and oxygen atoms in total. The molecule has 0 aliphatic carbocycles. The van der Waals surface area contributed by atoms with E-state index in [4.69, 9.17) is 13.6 Å². The standard InChI is InChI=1S/C24H16N4O5/c1-15-12-22(29)33-21-14-18(9-10-19(15)21)32-24(30)20(13-17-8-5-11-31-17)28-23(25-26-27-28)16-6-3-2-4-7-16/h2-14H,1H3/b20-13-. The molecule has 3 aromatic heterocycles. The van der Waals surface area contributed by atoms with E-state index in [2.05, 4.69) is 15.5 Å². The van der Waals surface area contributed by atoms with E-state index < -0.39 is 11.6 Å². The van der Waals surface area contributed by atoms with Crippen LogP contribution in [0.3, 0.4) is 0 Å². The van der Waals surface area contributed by atoms with Crippen molar-refractivity contribution in [2.24, 2.45) is 0 Å². The minimum absolute atomic E-state index is 0.0274. The highest BCUT2D eigenvalue weighted by atomic mass is 16.5. The first-order valence-electron chi connectivity index (χ1n) is 9.94. The molecule has 2 aromatic carbocycles. The van der Waals surface area contributed by atoms with Crippen LogP contribution in [-0.2, 0) is 4.79 Å². The van der Waals surface area contributed by atoms with E-state index in [1.165, 1.54) is 29.2 Å². The zero-order valence-corrected chi connectivity index (χ0v) is 17.3. The van der Waals surface area contributed by atoms with Crippen LogP contribution in [0.15, 0.2) is 86.6 Å². The predicted molar refractivity (Wildman–Crippen MR) is 119 cm³/mol. The number of fused-ring (bicyclic) bond motifs is 1. The largest absolute Gasteiger partial charge is 0.465 e. The lowest BCUT2D eigenvalue weighted by molar-refractivity contribution is -0.128. The van der Waals surface area contributed by atoms with Crippen molar-refractivity contribution in [3.63, 3.8) is 0 Å². The Hall–Kier alpha value is -4.79. The van der Waals surface area contributed by atoms with Crippen LogP contribution in [0.2, 0.25) is 0 Å². The molecule has 0 spiro atoms. The highest BCUT2D eigenvalue weighted by Crippen LogP contribution is 2.25. The summed E-state index contributed by atoms with van der Waals surface area (Å²) in [5.41, 5.74) is 1.33. The van der Waals surface area contributed by atoms with E-state index in [0.717, 1.165) is 10.9 Å². The Labute approximate surface area is 186 Å². The Kier molecular flexibility index (Phi) is 5.12. The summed E-state index contributed by atoms with van der Waals surface area (Å²) >= 11 is 0. The van der Waals surface area contributed by atoms with E-state index >= 15 is 0 Å². The second kappa shape index (κ2) is 8.39. The fraction of sp³-hybridized carbons (Fsp3) is 0.0417. The molecule has 5 rings (SSSR count). The molecule has 0 saturated heterocycles. The maximum absolute atomic E-state index is 13.2. The number of carbonyl (C=O) groups is 1. The van der Waals surface area contributed by atoms with Crippen LogP contribution in [0.1, 0.15) is 11.3 Å². The summed E-state index contributed by atoms with van der Waals surface area (Å²) in [5.74, 6) is 0.230. The summed E-state index contributed by atoms with van der Waals surface area (Å²) in [6, 6.07) is 18.8. The van der Waals surface area contributed by atoms with Crippen molar-refractivity contribution >= 4 is 28.7 Å². The van der Waals surface area contributed by atoms with Gasteiger partial charge in [0.05, 0.1) is 6.26 Å². The van der Waals surface area contributed by atoms with Gasteiger partial charge in [0, 0.05) is 29.2 Å². The highest BCUT2D eigenvalue weighted by molar-refractivity contribution is 6.16. The molecule has 5 aromatic rings. The third kappa shape index (κ3) is 4.07. The first kappa shape index (κ1) is 20.1. The van der Waals surface area contributed by atoms with Crippen molar-refractivity contribution in [2.45, 2.75) is 6.92 Å². The number of aryl methyl sites for hydroxylation is 1. The Balaban J connectivity index is 1.55. The fourth-order valence-corrected chi connectivity index (χ4v) is 3.36. The summed E-state index contributed by atoms with van der Waals surface area (Å²) < 4.78 is 17.5. The number of esters is 1. The van der Waals surface area contributed by atoms with Gasteiger partial charge in [0.15, 0.2) is 11.5 Å². The molecule has 0 radical (unpaired) electrons. The molecule has 0 amide bonds. The second-order valence-corrected chi connectivity index (χ2v) is 7.12. The Bertz CT molecular complexity index is 1530. The number of benzene rings is 2. The number of ether oxygens (including phenoxy) is 1. The van der Waals surface area contributed by atoms with Crippen LogP contribution >= 0.6 is 0 Å². The number of furan rings is 1. The van der Waals surface area contributed by atoms with Crippen LogP contribution in [0, 0.1) is 6.92 Å². The summed E-state index contributed by atoms with van der Waals surface area (Å²) in [4.78, 5) is 25.0. The van der Waals surface area contributed by atoms with Gasteiger partial charge >= 0.3 is 11.6 Å². The smallest absolute Gasteiger partial charge is 0.362 e. The average molecular weight is 440 g/mol. The third-order valence-electron chi connectivity index (χ3n) is 4.89. The maximum Gasteiger partial charge on any atom is 0.362 e. The van der Waals surface area contributed by atoms with Crippen molar-refractivity contribution < 1.29 is 18.4 Å². The number of aromatic nitrogens is 4. The van der Waals surface area contributed by atoms with Crippen LogP contribution in [0.4, 0.5) is 0 Å². The third-order valence-corrected chi connectivity index (χ3v) is 4.89. The van der Waals surface area contributed by atoms with E-state index in [1.807, 2.05) is 30.3 Å². The first-order chi connectivity index (χ1) is 16.1. The van der Waals surface area contributed by atoms with Crippen LogP contribution in [-0.4, -0.2) is 26.2 Å². The van der Waals surface area contributed by atoms with Gasteiger partial charge in [-0.2, -0.15) is 4.68 Å². The Morgan fingerprint density at radius 1 is 1.06 bits per heavy atom. The van der Waals surface area contributed by atoms with E-state index in [1.54, 1.807) is 31.2 Å². The Morgan fingerprint density at radius 2 is 1.91 bits per heavy atom. The lowest BCUT2D eigenvalue weighted by atomic mass is 10.1. The van der Waals surface area contributed by atoms with Crippen molar-refractivity contribution in [2.75, 3.05) is 0 Å². The molecule has 3 heterocycles. The molecule has 0 atom stereocenters. The number of hydrogen-bond acceptors (Lipinski definition) is 8. The molecular weight excluding hydrogens is 424 g/mol.